The summed E-state index contributed by atoms with van der Waals surface area (Å²) in [7, 11) is 1.49. The van der Waals surface area contributed by atoms with E-state index in [2.05, 4.69) is 10.6 Å². The van der Waals surface area contributed by atoms with Crippen molar-refractivity contribution in [3.8, 4) is 5.75 Å². The van der Waals surface area contributed by atoms with Gasteiger partial charge in [0.05, 0.1) is 18.5 Å². The van der Waals surface area contributed by atoms with Gasteiger partial charge in [-0.15, -0.1) is 0 Å². The largest absolute Gasteiger partial charge is 0.494 e. The Morgan fingerprint density at radius 3 is 2.76 bits per heavy atom. The van der Waals surface area contributed by atoms with Crippen molar-refractivity contribution in [1.29, 1.82) is 0 Å². The van der Waals surface area contributed by atoms with Crippen LogP contribution in [0.4, 0.5) is 15.8 Å². The number of benzene rings is 1. The van der Waals surface area contributed by atoms with Crippen LogP contribution in [0.5, 0.6) is 5.75 Å². The third kappa shape index (κ3) is 2.04. The Morgan fingerprint density at radius 2 is 2.06 bits per heavy atom. The zero-order valence-electron chi connectivity index (χ0n) is 9.92. The van der Waals surface area contributed by atoms with Crippen LogP contribution in [-0.2, 0) is 0 Å². The molecule has 1 aliphatic heterocycles. The van der Waals surface area contributed by atoms with Crippen LogP contribution >= 0.6 is 0 Å². The number of nitrogens with one attached hydrogen (secondary N) is 2. The molecule has 0 saturated heterocycles. The van der Waals surface area contributed by atoms with Gasteiger partial charge in [-0.2, -0.15) is 0 Å². The zero-order valence-corrected chi connectivity index (χ0v) is 9.92. The van der Waals surface area contributed by atoms with Crippen LogP contribution in [0.3, 0.4) is 0 Å². The second-order valence-electron chi connectivity index (χ2n) is 4.84. The summed E-state index contributed by atoms with van der Waals surface area (Å²) in [5, 5.41) is 6.79. The first kappa shape index (κ1) is 10.7. The van der Waals surface area contributed by atoms with Gasteiger partial charge in [-0.05, 0) is 25.2 Å². The molecule has 3 rings (SSSR count). The van der Waals surface area contributed by atoms with Crippen LogP contribution in [0, 0.1) is 11.7 Å². The van der Waals surface area contributed by atoms with E-state index < -0.39 is 0 Å². The van der Waals surface area contributed by atoms with Gasteiger partial charge in [0, 0.05) is 24.7 Å². The second kappa shape index (κ2) is 4.09. The van der Waals surface area contributed by atoms with Crippen LogP contribution in [-0.4, -0.2) is 19.7 Å². The first-order chi connectivity index (χ1) is 8.28. The lowest BCUT2D eigenvalue weighted by Gasteiger charge is -2.17. The minimum Gasteiger partial charge on any atom is -0.494 e. The summed E-state index contributed by atoms with van der Waals surface area (Å²) >= 11 is 0. The fraction of sp³-hybridized carbons (Fsp3) is 0.538. The number of rotatable bonds is 2. The summed E-state index contributed by atoms with van der Waals surface area (Å²) in [6.45, 7) is 0.896. The van der Waals surface area contributed by atoms with Crippen molar-refractivity contribution in [3.63, 3.8) is 0 Å². The van der Waals surface area contributed by atoms with Gasteiger partial charge in [-0.1, -0.05) is 0 Å². The predicted octanol–water partition coefficient (Wildman–Crippen LogP) is 2.84. The highest BCUT2D eigenvalue weighted by atomic mass is 19.1. The average Bonchev–Trinajstić information content (AvgIpc) is 3.13. The number of ether oxygens (including phenoxy) is 1. The zero-order chi connectivity index (χ0) is 11.8. The molecule has 1 atom stereocenters. The van der Waals surface area contributed by atoms with E-state index in [1.807, 2.05) is 0 Å². The minimum atomic E-state index is -0.314. The highest BCUT2D eigenvalue weighted by Crippen LogP contribution is 2.39. The van der Waals surface area contributed by atoms with Gasteiger partial charge >= 0.3 is 0 Å². The molecule has 2 aliphatic rings. The van der Waals surface area contributed by atoms with E-state index in [0.717, 1.165) is 30.3 Å². The van der Waals surface area contributed by atoms with Crippen molar-refractivity contribution in [2.24, 2.45) is 5.92 Å². The Balaban J connectivity index is 1.92. The molecule has 1 aromatic carbocycles. The minimum absolute atomic E-state index is 0.300. The Bertz CT molecular complexity index is 432. The molecule has 92 valence electrons. The topological polar surface area (TPSA) is 33.3 Å². The summed E-state index contributed by atoms with van der Waals surface area (Å²) in [6, 6.07) is 3.77. The highest BCUT2D eigenvalue weighted by molar-refractivity contribution is 5.72. The molecule has 1 fully saturated rings. The normalized spacial score (nSPS) is 23.1. The molecule has 1 saturated carbocycles. The molecule has 1 aromatic rings. The molecule has 1 heterocycles. The van der Waals surface area contributed by atoms with Gasteiger partial charge in [0.25, 0.3) is 0 Å². The molecule has 2 N–H and O–H groups in total. The Kier molecular flexibility index (Phi) is 2.57. The molecular weight excluding hydrogens is 219 g/mol. The molecule has 3 nitrogen and oxygen atoms in total. The van der Waals surface area contributed by atoms with E-state index in [-0.39, 0.29) is 5.82 Å². The molecule has 0 radical (unpaired) electrons. The van der Waals surface area contributed by atoms with Gasteiger partial charge in [-0.25, -0.2) is 4.39 Å². The molecule has 0 amide bonds. The van der Waals surface area contributed by atoms with Crippen molar-refractivity contribution in [3.05, 3.63) is 17.9 Å². The molecular formula is C13H17FN2O. The summed E-state index contributed by atoms with van der Waals surface area (Å²) < 4.78 is 18.6. The summed E-state index contributed by atoms with van der Waals surface area (Å²) in [4.78, 5) is 0. The number of halogens is 1. The summed E-state index contributed by atoms with van der Waals surface area (Å²) in [6.07, 6.45) is 3.71. The van der Waals surface area contributed by atoms with Crippen molar-refractivity contribution >= 4 is 11.4 Å². The molecule has 17 heavy (non-hydrogen) atoms. The number of methoxy groups -OCH3 is 1. The third-order valence-corrected chi connectivity index (χ3v) is 3.59. The quantitative estimate of drug-likeness (QED) is 0.828. The Hall–Kier alpha value is -1.45. The first-order valence-corrected chi connectivity index (χ1v) is 6.16. The van der Waals surface area contributed by atoms with E-state index in [9.17, 15) is 4.39 Å². The van der Waals surface area contributed by atoms with E-state index in [0.29, 0.717) is 11.8 Å². The molecule has 0 spiro atoms. The van der Waals surface area contributed by atoms with Crippen molar-refractivity contribution in [2.75, 3.05) is 24.3 Å². The van der Waals surface area contributed by atoms with E-state index in [1.54, 1.807) is 6.07 Å². The molecule has 4 heteroatoms. The third-order valence-electron chi connectivity index (χ3n) is 3.59. The maximum Gasteiger partial charge on any atom is 0.167 e. The van der Waals surface area contributed by atoms with Crippen LogP contribution in [0.25, 0.3) is 0 Å². The number of hydrogen-bond acceptors (Lipinski definition) is 3. The van der Waals surface area contributed by atoms with Crippen LogP contribution in [0.1, 0.15) is 19.3 Å². The highest BCUT2D eigenvalue weighted by Gasteiger charge is 2.32. The summed E-state index contributed by atoms with van der Waals surface area (Å²) in [5.41, 5.74) is 1.80. The maximum atomic E-state index is 13.6. The maximum absolute atomic E-state index is 13.6. The van der Waals surface area contributed by atoms with E-state index in [4.69, 9.17) is 4.74 Å². The van der Waals surface area contributed by atoms with Crippen molar-refractivity contribution in [1.82, 2.24) is 0 Å². The van der Waals surface area contributed by atoms with E-state index in [1.165, 1.54) is 26.0 Å². The standard InChI is InChI=1S/C13H17FN2O/c1-17-13-7-12-11(6-9(13)14)15-5-4-10(16-12)8-2-3-8/h6-8,10,15-16H,2-5H2,1H3. The molecule has 0 bridgehead atoms. The average molecular weight is 236 g/mol. The number of fused-ring (bicyclic) bond motifs is 1. The molecule has 1 unspecified atom stereocenters. The van der Waals surface area contributed by atoms with Gasteiger partial charge in [-0.3, -0.25) is 0 Å². The summed E-state index contributed by atoms with van der Waals surface area (Å²) in [5.74, 6) is 0.777. The Labute approximate surface area is 100 Å². The fourth-order valence-corrected chi connectivity index (χ4v) is 2.46. The van der Waals surface area contributed by atoms with Crippen LogP contribution in [0.15, 0.2) is 12.1 Å². The second-order valence-corrected chi connectivity index (χ2v) is 4.84. The smallest absolute Gasteiger partial charge is 0.167 e. The first-order valence-electron chi connectivity index (χ1n) is 6.16. The van der Waals surface area contributed by atoms with Crippen LogP contribution < -0.4 is 15.4 Å². The van der Waals surface area contributed by atoms with E-state index >= 15 is 0 Å². The van der Waals surface area contributed by atoms with Gasteiger partial charge < -0.3 is 15.4 Å². The van der Waals surface area contributed by atoms with Gasteiger partial charge in [0.2, 0.25) is 0 Å². The van der Waals surface area contributed by atoms with Crippen molar-refractivity contribution < 1.29 is 9.13 Å². The number of anilines is 2. The van der Waals surface area contributed by atoms with Crippen LogP contribution in [0.2, 0.25) is 0 Å². The Morgan fingerprint density at radius 1 is 1.24 bits per heavy atom. The van der Waals surface area contributed by atoms with Gasteiger partial charge in [0.1, 0.15) is 0 Å². The lowest BCUT2D eigenvalue weighted by molar-refractivity contribution is 0.387. The lowest BCUT2D eigenvalue weighted by atomic mass is 10.1. The van der Waals surface area contributed by atoms with Gasteiger partial charge in [0.15, 0.2) is 11.6 Å². The molecule has 0 aromatic heterocycles. The predicted molar refractivity (Wildman–Crippen MR) is 66.2 cm³/mol. The molecule has 1 aliphatic carbocycles. The number of hydrogen-bond donors (Lipinski definition) is 2. The van der Waals surface area contributed by atoms with Crippen molar-refractivity contribution in [2.45, 2.75) is 25.3 Å². The monoisotopic (exact) mass is 236 g/mol. The fourth-order valence-electron chi connectivity index (χ4n) is 2.46. The SMILES string of the molecule is COc1cc2c(cc1F)NCCC(C1CC1)N2. The lowest BCUT2D eigenvalue weighted by Crippen LogP contribution is -2.21.